The van der Waals surface area contributed by atoms with Crippen molar-refractivity contribution in [2.45, 2.75) is 18.9 Å². The van der Waals surface area contributed by atoms with Crippen LogP contribution in [-0.4, -0.2) is 10.0 Å². The van der Waals surface area contributed by atoms with E-state index in [9.17, 15) is 15.2 Å². The Kier molecular flexibility index (Phi) is 3.66. The predicted molar refractivity (Wildman–Crippen MR) is 80.4 cm³/mol. The zero-order chi connectivity index (χ0) is 15.0. The molecule has 1 aliphatic rings. The van der Waals surface area contributed by atoms with Crippen LogP contribution in [0.5, 0.6) is 0 Å². The second-order valence-corrected chi connectivity index (χ2v) is 5.78. The molecule has 5 heteroatoms. The average Bonchev–Trinajstić information content (AvgIpc) is 2.78. The molecule has 108 valence electrons. The molecule has 2 aromatic carbocycles. The second kappa shape index (κ2) is 5.47. The fourth-order valence-electron chi connectivity index (χ4n) is 3.00. The van der Waals surface area contributed by atoms with Gasteiger partial charge in [-0.3, -0.25) is 10.1 Å². The molecule has 0 amide bonds. The topological polar surface area (TPSA) is 63.4 Å². The number of hydrogen-bond acceptors (Lipinski definition) is 3. The Hall–Kier alpha value is -1.91. The highest BCUT2D eigenvalue weighted by Crippen LogP contribution is 2.39. The minimum Gasteiger partial charge on any atom is -0.388 e. The highest BCUT2D eigenvalue weighted by molar-refractivity contribution is 6.30. The molecule has 21 heavy (non-hydrogen) atoms. The SMILES string of the molecule is O=[N+]([O-])c1cc(Cl)ccc1CC1Cc2ccccc2C1O. The van der Waals surface area contributed by atoms with E-state index in [0.29, 0.717) is 17.0 Å². The molecule has 0 saturated carbocycles. The Bertz CT molecular complexity index is 702. The quantitative estimate of drug-likeness (QED) is 0.694. The molecule has 0 spiro atoms. The first-order valence-electron chi connectivity index (χ1n) is 6.75. The predicted octanol–water partition coefficient (Wildman–Crippen LogP) is 3.70. The number of fused-ring (bicyclic) bond motifs is 1. The largest absolute Gasteiger partial charge is 0.388 e. The minimum absolute atomic E-state index is 0.0191. The van der Waals surface area contributed by atoms with Gasteiger partial charge in [-0.25, -0.2) is 0 Å². The van der Waals surface area contributed by atoms with Crippen LogP contribution >= 0.6 is 11.6 Å². The Morgan fingerprint density at radius 3 is 2.76 bits per heavy atom. The summed E-state index contributed by atoms with van der Waals surface area (Å²) >= 11 is 5.83. The van der Waals surface area contributed by atoms with Crippen molar-refractivity contribution in [2.24, 2.45) is 5.92 Å². The molecule has 0 saturated heterocycles. The van der Waals surface area contributed by atoms with Crippen LogP contribution in [0.25, 0.3) is 0 Å². The molecule has 0 aliphatic heterocycles. The number of hydrogen-bond donors (Lipinski definition) is 1. The van der Waals surface area contributed by atoms with Crippen LogP contribution in [0.3, 0.4) is 0 Å². The van der Waals surface area contributed by atoms with Crippen molar-refractivity contribution in [2.75, 3.05) is 0 Å². The van der Waals surface area contributed by atoms with Crippen LogP contribution in [0.1, 0.15) is 22.8 Å². The van der Waals surface area contributed by atoms with Crippen molar-refractivity contribution >= 4 is 17.3 Å². The van der Waals surface area contributed by atoms with Crippen molar-refractivity contribution < 1.29 is 10.0 Å². The third kappa shape index (κ3) is 2.64. The van der Waals surface area contributed by atoms with Crippen molar-refractivity contribution in [3.63, 3.8) is 0 Å². The summed E-state index contributed by atoms with van der Waals surface area (Å²) in [4.78, 5) is 10.7. The molecule has 1 aliphatic carbocycles. The molecule has 0 heterocycles. The van der Waals surface area contributed by atoms with Gasteiger partial charge >= 0.3 is 0 Å². The van der Waals surface area contributed by atoms with E-state index in [-0.39, 0.29) is 11.6 Å². The van der Waals surface area contributed by atoms with E-state index in [0.717, 1.165) is 17.5 Å². The zero-order valence-electron chi connectivity index (χ0n) is 11.2. The van der Waals surface area contributed by atoms with E-state index in [1.807, 2.05) is 24.3 Å². The summed E-state index contributed by atoms with van der Waals surface area (Å²) in [6.07, 6.45) is 0.622. The monoisotopic (exact) mass is 303 g/mol. The number of nitrogens with zero attached hydrogens (tertiary/aromatic N) is 1. The number of benzene rings is 2. The Balaban J connectivity index is 1.88. The molecule has 2 unspecified atom stereocenters. The Morgan fingerprint density at radius 2 is 2.05 bits per heavy atom. The standard InChI is InChI=1S/C16H14ClNO3/c17-13-6-5-11(15(9-13)18(20)21)8-12-7-10-3-1-2-4-14(10)16(12)19/h1-6,9,12,16,19H,7-8H2. The molecule has 3 rings (SSSR count). The van der Waals surface area contributed by atoms with Crippen molar-refractivity contribution in [1.82, 2.24) is 0 Å². The lowest BCUT2D eigenvalue weighted by Crippen LogP contribution is -2.11. The summed E-state index contributed by atoms with van der Waals surface area (Å²) in [5, 5.41) is 21.9. The molecule has 0 radical (unpaired) electrons. The van der Waals surface area contributed by atoms with Crippen LogP contribution < -0.4 is 0 Å². The van der Waals surface area contributed by atoms with Crippen molar-refractivity contribution in [1.29, 1.82) is 0 Å². The van der Waals surface area contributed by atoms with Gasteiger partial charge in [0, 0.05) is 16.7 Å². The van der Waals surface area contributed by atoms with Gasteiger partial charge in [0.05, 0.1) is 11.0 Å². The van der Waals surface area contributed by atoms with Gasteiger partial charge in [-0.2, -0.15) is 0 Å². The molecule has 1 N–H and O–H groups in total. The number of nitro groups is 1. The maximum Gasteiger partial charge on any atom is 0.274 e. The normalized spacial score (nSPS) is 20.3. The van der Waals surface area contributed by atoms with E-state index in [1.165, 1.54) is 6.07 Å². The number of aliphatic hydroxyl groups excluding tert-OH is 1. The lowest BCUT2D eigenvalue weighted by Gasteiger charge is -2.15. The van der Waals surface area contributed by atoms with E-state index in [2.05, 4.69) is 0 Å². The van der Waals surface area contributed by atoms with Gasteiger partial charge < -0.3 is 5.11 Å². The fourth-order valence-corrected chi connectivity index (χ4v) is 3.17. The van der Waals surface area contributed by atoms with Gasteiger partial charge in [0.1, 0.15) is 0 Å². The lowest BCUT2D eigenvalue weighted by molar-refractivity contribution is -0.385. The number of rotatable bonds is 3. The lowest BCUT2D eigenvalue weighted by atomic mass is 9.94. The number of halogens is 1. The summed E-state index contributed by atoms with van der Waals surface area (Å²) < 4.78 is 0. The molecule has 2 atom stereocenters. The van der Waals surface area contributed by atoms with Crippen LogP contribution in [-0.2, 0) is 12.8 Å². The molecule has 2 aromatic rings. The van der Waals surface area contributed by atoms with Crippen LogP contribution in [0.15, 0.2) is 42.5 Å². The number of aliphatic hydroxyl groups is 1. The van der Waals surface area contributed by atoms with E-state index >= 15 is 0 Å². The smallest absolute Gasteiger partial charge is 0.274 e. The first-order chi connectivity index (χ1) is 10.1. The second-order valence-electron chi connectivity index (χ2n) is 5.34. The average molecular weight is 304 g/mol. The van der Waals surface area contributed by atoms with E-state index < -0.39 is 11.0 Å². The Labute approximate surface area is 127 Å². The van der Waals surface area contributed by atoms with Crippen molar-refractivity contribution in [3.8, 4) is 0 Å². The van der Waals surface area contributed by atoms with Crippen molar-refractivity contribution in [3.05, 3.63) is 74.3 Å². The van der Waals surface area contributed by atoms with Crippen LogP contribution in [0, 0.1) is 16.0 Å². The molecule has 0 aromatic heterocycles. The third-order valence-corrected chi connectivity index (χ3v) is 4.26. The highest BCUT2D eigenvalue weighted by Gasteiger charge is 2.32. The third-order valence-electron chi connectivity index (χ3n) is 4.03. The zero-order valence-corrected chi connectivity index (χ0v) is 12.0. The van der Waals surface area contributed by atoms with Gasteiger partial charge in [-0.05, 0) is 36.0 Å². The van der Waals surface area contributed by atoms with Gasteiger partial charge in [0.25, 0.3) is 5.69 Å². The van der Waals surface area contributed by atoms with Gasteiger partial charge in [-0.15, -0.1) is 0 Å². The first-order valence-corrected chi connectivity index (χ1v) is 7.12. The summed E-state index contributed by atoms with van der Waals surface area (Å²) in [5.74, 6) is -0.0396. The van der Waals surface area contributed by atoms with E-state index in [1.54, 1.807) is 12.1 Å². The summed E-state index contributed by atoms with van der Waals surface area (Å²) in [5.41, 5.74) is 2.68. The molecule has 4 nitrogen and oxygen atoms in total. The van der Waals surface area contributed by atoms with Crippen LogP contribution in [0.4, 0.5) is 5.69 Å². The number of nitro benzene ring substituents is 1. The van der Waals surface area contributed by atoms with E-state index in [4.69, 9.17) is 11.6 Å². The molecule has 0 bridgehead atoms. The van der Waals surface area contributed by atoms with Gasteiger partial charge in [0.15, 0.2) is 0 Å². The molecular formula is C16H14ClNO3. The maximum absolute atomic E-state index is 11.1. The summed E-state index contributed by atoms with van der Waals surface area (Å²) in [6.45, 7) is 0. The molecule has 0 fully saturated rings. The summed E-state index contributed by atoms with van der Waals surface area (Å²) in [7, 11) is 0. The highest BCUT2D eigenvalue weighted by atomic mass is 35.5. The van der Waals surface area contributed by atoms with Crippen LogP contribution in [0.2, 0.25) is 5.02 Å². The Morgan fingerprint density at radius 1 is 1.29 bits per heavy atom. The molecular weight excluding hydrogens is 290 g/mol. The maximum atomic E-state index is 11.1. The van der Waals surface area contributed by atoms with Gasteiger partial charge in [0.2, 0.25) is 0 Å². The van der Waals surface area contributed by atoms with Gasteiger partial charge in [-0.1, -0.05) is 41.9 Å². The summed E-state index contributed by atoms with van der Waals surface area (Å²) in [6, 6.07) is 12.4. The first kappa shape index (κ1) is 14.0. The minimum atomic E-state index is -0.573. The fraction of sp³-hybridized carbons (Fsp3) is 0.250.